The van der Waals surface area contributed by atoms with E-state index < -0.39 is 0 Å². The lowest BCUT2D eigenvalue weighted by Gasteiger charge is -2.25. The van der Waals surface area contributed by atoms with E-state index in [0.717, 1.165) is 16.8 Å². The minimum atomic E-state index is -0.309. The van der Waals surface area contributed by atoms with Crippen molar-refractivity contribution >= 4 is 17.5 Å². The van der Waals surface area contributed by atoms with Crippen LogP contribution >= 0.6 is 0 Å². The largest absolute Gasteiger partial charge is 0.341 e. The van der Waals surface area contributed by atoms with Crippen molar-refractivity contribution in [3.63, 3.8) is 0 Å². The molecule has 0 saturated heterocycles. The number of halogens is 1. The van der Waals surface area contributed by atoms with Crippen LogP contribution in [0.3, 0.4) is 0 Å². The van der Waals surface area contributed by atoms with E-state index in [2.05, 4.69) is 5.32 Å². The Morgan fingerprint density at radius 3 is 2.84 bits per heavy atom. The van der Waals surface area contributed by atoms with E-state index in [1.165, 1.54) is 12.1 Å². The van der Waals surface area contributed by atoms with Crippen molar-refractivity contribution < 1.29 is 14.0 Å². The Morgan fingerprint density at radius 2 is 2.04 bits per heavy atom. The van der Waals surface area contributed by atoms with Crippen molar-refractivity contribution in [3.8, 4) is 0 Å². The number of carbonyl (C=O) groups excluding carboxylic acids is 2. The molecule has 1 N–H and O–H groups in total. The fraction of sp³-hybridized carbons (Fsp3) is 0.300. The number of nitrogens with one attached hydrogen (secondary N) is 1. The molecule has 4 nitrogen and oxygen atoms in total. The molecule has 0 saturated carbocycles. The summed E-state index contributed by atoms with van der Waals surface area (Å²) in [5.41, 5.74) is 2.71. The zero-order chi connectivity index (χ0) is 17.8. The lowest BCUT2D eigenvalue weighted by Crippen LogP contribution is -2.32. The third kappa shape index (κ3) is 4.24. The van der Waals surface area contributed by atoms with E-state index in [9.17, 15) is 14.0 Å². The summed E-state index contributed by atoms with van der Waals surface area (Å²) in [4.78, 5) is 26.1. The Kier molecular flexibility index (Phi) is 5.12. The summed E-state index contributed by atoms with van der Waals surface area (Å²) in [5, 5.41) is 2.90. The van der Waals surface area contributed by atoms with E-state index in [0.29, 0.717) is 25.8 Å². The molecular formula is C20H21FN2O2. The molecule has 0 aromatic heterocycles. The van der Waals surface area contributed by atoms with Crippen LogP contribution < -0.4 is 5.32 Å². The predicted octanol–water partition coefficient (Wildman–Crippen LogP) is 3.38. The van der Waals surface area contributed by atoms with Gasteiger partial charge in [0, 0.05) is 31.6 Å². The SMILES string of the molecule is CN(Cc1cccc(F)c1)C(=O)CCC1Cc2ccccc2NC1=O. The first-order valence-corrected chi connectivity index (χ1v) is 8.40. The normalized spacial score (nSPS) is 16.1. The molecule has 0 aliphatic carbocycles. The molecule has 2 aromatic carbocycles. The Labute approximate surface area is 146 Å². The minimum absolute atomic E-state index is 0.0284. The van der Waals surface area contributed by atoms with E-state index in [1.54, 1.807) is 24.1 Å². The second kappa shape index (κ2) is 7.47. The van der Waals surface area contributed by atoms with Gasteiger partial charge in [-0.2, -0.15) is 0 Å². The van der Waals surface area contributed by atoms with Crippen LogP contribution in [0.1, 0.15) is 24.0 Å². The Hall–Kier alpha value is -2.69. The predicted molar refractivity (Wildman–Crippen MR) is 94.4 cm³/mol. The van der Waals surface area contributed by atoms with Crippen LogP contribution in [0.4, 0.5) is 10.1 Å². The van der Waals surface area contributed by atoms with Gasteiger partial charge in [-0.15, -0.1) is 0 Å². The lowest BCUT2D eigenvalue weighted by atomic mass is 9.89. The molecule has 0 spiro atoms. The number of benzene rings is 2. The average molecular weight is 340 g/mol. The summed E-state index contributed by atoms with van der Waals surface area (Å²) in [6, 6.07) is 14.0. The van der Waals surface area contributed by atoms with Crippen LogP contribution in [0.5, 0.6) is 0 Å². The van der Waals surface area contributed by atoms with Crippen molar-refractivity contribution in [2.45, 2.75) is 25.8 Å². The molecule has 1 atom stereocenters. The number of para-hydroxylation sites is 1. The van der Waals surface area contributed by atoms with Gasteiger partial charge in [-0.05, 0) is 42.2 Å². The molecule has 1 aliphatic rings. The highest BCUT2D eigenvalue weighted by molar-refractivity contribution is 5.96. The van der Waals surface area contributed by atoms with Crippen LogP contribution in [-0.2, 0) is 22.6 Å². The van der Waals surface area contributed by atoms with Crippen LogP contribution in [0, 0.1) is 11.7 Å². The van der Waals surface area contributed by atoms with Gasteiger partial charge >= 0.3 is 0 Å². The van der Waals surface area contributed by atoms with E-state index in [4.69, 9.17) is 0 Å². The summed E-state index contributed by atoms with van der Waals surface area (Å²) >= 11 is 0. The smallest absolute Gasteiger partial charge is 0.227 e. The van der Waals surface area contributed by atoms with Crippen molar-refractivity contribution in [1.29, 1.82) is 0 Å². The molecule has 130 valence electrons. The van der Waals surface area contributed by atoms with Gasteiger partial charge in [0.15, 0.2) is 0 Å². The van der Waals surface area contributed by atoms with Crippen LogP contribution in [-0.4, -0.2) is 23.8 Å². The highest BCUT2D eigenvalue weighted by Crippen LogP contribution is 2.27. The first kappa shape index (κ1) is 17.1. The number of amides is 2. The molecule has 0 bridgehead atoms. The molecule has 0 fully saturated rings. The first-order valence-electron chi connectivity index (χ1n) is 8.40. The lowest BCUT2D eigenvalue weighted by molar-refractivity contribution is -0.131. The molecule has 3 rings (SSSR count). The van der Waals surface area contributed by atoms with Gasteiger partial charge < -0.3 is 10.2 Å². The average Bonchev–Trinajstić information content (AvgIpc) is 2.59. The summed E-state index contributed by atoms with van der Waals surface area (Å²) in [7, 11) is 1.70. The highest BCUT2D eigenvalue weighted by atomic mass is 19.1. The summed E-state index contributed by atoms with van der Waals surface area (Å²) in [6.07, 6.45) is 1.46. The molecule has 2 amide bonds. The van der Waals surface area contributed by atoms with Gasteiger partial charge in [-0.3, -0.25) is 9.59 Å². The number of fused-ring (bicyclic) bond motifs is 1. The Bertz CT molecular complexity index is 791. The molecule has 2 aromatic rings. The number of anilines is 1. The second-order valence-electron chi connectivity index (χ2n) is 6.47. The highest BCUT2D eigenvalue weighted by Gasteiger charge is 2.26. The van der Waals surface area contributed by atoms with Crippen molar-refractivity contribution in [1.82, 2.24) is 4.90 Å². The zero-order valence-corrected chi connectivity index (χ0v) is 14.2. The number of rotatable bonds is 5. The standard InChI is InChI=1S/C20H21FN2O2/c1-23(13-14-5-4-7-17(21)11-14)19(24)10-9-16-12-15-6-2-3-8-18(15)22-20(16)25/h2-8,11,16H,9-10,12-13H2,1H3,(H,22,25). The summed E-state index contributed by atoms with van der Waals surface area (Å²) in [6.45, 7) is 0.357. The van der Waals surface area contributed by atoms with E-state index in [1.807, 2.05) is 24.3 Å². The fourth-order valence-electron chi connectivity index (χ4n) is 3.13. The third-order valence-electron chi connectivity index (χ3n) is 4.55. The molecule has 1 unspecified atom stereocenters. The first-order chi connectivity index (χ1) is 12.0. The molecule has 0 radical (unpaired) electrons. The second-order valence-corrected chi connectivity index (χ2v) is 6.47. The molecule has 5 heteroatoms. The third-order valence-corrected chi connectivity index (χ3v) is 4.55. The fourth-order valence-corrected chi connectivity index (χ4v) is 3.13. The van der Waals surface area contributed by atoms with Crippen molar-refractivity contribution in [3.05, 3.63) is 65.5 Å². The molecule has 25 heavy (non-hydrogen) atoms. The van der Waals surface area contributed by atoms with Crippen LogP contribution in [0.25, 0.3) is 0 Å². The number of carbonyl (C=O) groups is 2. The minimum Gasteiger partial charge on any atom is -0.341 e. The van der Waals surface area contributed by atoms with Crippen molar-refractivity contribution in [2.24, 2.45) is 5.92 Å². The topological polar surface area (TPSA) is 49.4 Å². The quantitative estimate of drug-likeness (QED) is 0.907. The van der Waals surface area contributed by atoms with E-state index in [-0.39, 0.29) is 23.5 Å². The number of hydrogen-bond acceptors (Lipinski definition) is 2. The molecule has 1 heterocycles. The maximum Gasteiger partial charge on any atom is 0.227 e. The van der Waals surface area contributed by atoms with Gasteiger partial charge in [-0.25, -0.2) is 4.39 Å². The summed E-state index contributed by atoms with van der Waals surface area (Å²) < 4.78 is 13.2. The Morgan fingerprint density at radius 1 is 1.24 bits per heavy atom. The van der Waals surface area contributed by atoms with Crippen LogP contribution in [0.15, 0.2) is 48.5 Å². The zero-order valence-electron chi connectivity index (χ0n) is 14.2. The van der Waals surface area contributed by atoms with Gasteiger partial charge in [0.05, 0.1) is 0 Å². The van der Waals surface area contributed by atoms with Crippen molar-refractivity contribution in [2.75, 3.05) is 12.4 Å². The van der Waals surface area contributed by atoms with Gasteiger partial charge in [-0.1, -0.05) is 30.3 Å². The van der Waals surface area contributed by atoms with Gasteiger partial charge in [0.1, 0.15) is 5.82 Å². The molecular weight excluding hydrogens is 319 g/mol. The van der Waals surface area contributed by atoms with Crippen LogP contribution in [0.2, 0.25) is 0 Å². The molecule has 1 aliphatic heterocycles. The number of hydrogen-bond donors (Lipinski definition) is 1. The Balaban J connectivity index is 1.54. The maximum atomic E-state index is 13.2. The van der Waals surface area contributed by atoms with E-state index >= 15 is 0 Å². The summed E-state index contributed by atoms with van der Waals surface area (Å²) in [5.74, 6) is -0.576. The van der Waals surface area contributed by atoms with Gasteiger partial charge in [0.25, 0.3) is 0 Å². The monoisotopic (exact) mass is 340 g/mol. The number of nitrogens with zero attached hydrogens (tertiary/aromatic N) is 1. The maximum absolute atomic E-state index is 13.2. The van der Waals surface area contributed by atoms with Gasteiger partial charge in [0.2, 0.25) is 11.8 Å².